The van der Waals surface area contributed by atoms with Gasteiger partial charge in [-0.05, 0) is 24.5 Å². The van der Waals surface area contributed by atoms with E-state index in [1.165, 1.54) is 12.8 Å². The first-order valence-corrected chi connectivity index (χ1v) is 8.09. The highest BCUT2D eigenvalue weighted by molar-refractivity contribution is 5.92. The van der Waals surface area contributed by atoms with Gasteiger partial charge in [0.05, 0.1) is 0 Å². The molecule has 1 aromatic rings. The van der Waals surface area contributed by atoms with Crippen LogP contribution >= 0.6 is 0 Å². The van der Waals surface area contributed by atoms with Gasteiger partial charge in [-0.3, -0.25) is 9.59 Å². The Morgan fingerprint density at radius 3 is 2.04 bits per heavy atom. The highest BCUT2D eigenvalue weighted by Crippen LogP contribution is 2.13. The van der Waals surface area contributed by atoms with Crippen LogP contribution in [-0.4, -0.2) is 53.8 Å². The lowest BCUT2D eigenvalue weighted by Crippen LogP contribution is -2.49. The molecule has 5 nitrogen and oxygen atoms in total. The summed E-state index contributed by atoms with van der Waals surface area (Å²) in [6.07, 6.45) is 5.94. The number of carbonyl (C=O) groups is 2. The molecular weight excluding hydrogens is 290 g/mol. The Labute approximate surface area is 137 Å². The standard InChI is InChI=1S/C15H18N2O2.C3H7N/c1-13(18)16-9-11-17(12-10-16)15(19)8-7-14-5-3-2-4-6-14;4-3-1-2-3/h2-8H,9-12H2,1H3;3H,1-2,4H2. The number of hydrogen-bond acceptors (Lipinski definition) is 3. The van der Waals surface area contributed by atoms with Crippen LogP contribution in [0.3, 0.4) is 0 Å². The van der Waals surface area contributed by atoms with E-state index in [0.717, 1.165) is 5.56 Å². The zero-order valence-corrected chi connectivity index (χ0v) is 13.6. The summed E-state index contributed by atoms with van der Waals surface area (Å²) in [5, 5.41) is 0. The lowest BCUT2D eigenvalue weighted by Gasteiger charge is -2.33. The van der Waals surface area contributed by atoms with Gasteiger partial charge >= 0.3 is 0 Å². The van der Waals surface area contributed by atoms with E-state index in [-0.39, 0.29) is 11.8 Å². The van der Waals surface area contributed by atoms with Gasteiger partial charge < -0.3 is 15.5 Å². The molecule has 0 aromatic heterocycles. The Morgan fingerprint density at radius 2 is 1.57 bits per heavy atom. The zero-order valence-electron chi connectivity index (χ0n) is 13.6. The van der Waals surface area contributed by atoms with Gasteiger partial charge in [-0.15, -0.1) is 0 Å². The minimum Gasteiger partial charge on any atom is -0.339 e. The lowest BCUT2D eigenvalue weighted by atomic mass is 10.2. The van der Waals surface area contributed by atoms with Crippen LogP contribution in [0.25, 0.3) is 6.08 Å². The first-order valence-electron chi connectivity index (χ1n) is 8.09. The Morgan fingerprint density at radius 1 is 1.04 bits per heavy atom. The van der Waals surface area contributed by atoms with E-state index in [2.05, 4.69) is 0 Å². The van der Waals surface area contributed by atoms with Gasteiger partial charge in [0.1, 0.15) is 0 Å². The van der Waals surface area contributed by atoms with Gasteiger partial charge in [-0.2, -0.15) is 0 Å². The molecule has 1 aliphatic carbocycles. The van der Waals surface area contributed by atoms with Crippen molar-refractivity contribution in [1.82, 2.24) is 9.80 Å². The van der Waals surface area contributed by atoms with Crippen LogP contribution in [0, 0.1) is 0 Å². The molecule has 2 amide bonds. The molecule has 1 aliphatic heterocycles. The number of benzene rings is 1. The largest absolute Gasteiger partial charge is 0.339 e. The molecule has 0 atom stereocenters. The molecule has 2 N–H and O–H groups in total. The number of nitrogens with two attached hydrogens (primary N) is 1. The summed E-state index contributed by atoms with van der Waals surface area (Å²) in [5.74, 6) is 0.0824. The van der Waals surface area contributed by atoms with Crippen LogP contribution in [0.5, 0.6) is 0 Å². The van der Waals surface area contributed by atoms with Gasteiger partial charge in [-0.1, -0.05) is 30.3 Å². The molecule has 0 bridgehead atoms. The molecular formula is C18H25N3O2. The Balaban J connectivity index is 0.000000417. The summed E-state index contributed by atoms with van der Waals surface area (Å²) in [6.45, 7) is 4.03. The monoisotopic (exact) mass is 315 g/mol. The Kier molecular flexibility index (Phi) is 6.35. The molecule has 2 aliphatic rings. The molecule has 1 saturated carbocycles. The number of nitrogens with zero attached hydrogens (tertiary/aromatic N) is 2. The normalized spacial score (nSPS) is 17.7. The van der Waals surface area contributed by atoms with Crippen molar-refractivity contribution in [3.63, 3.8) is 0 Å². The predicted octanol–water partition coefficient (Wildman–Crippen LogP) is 1.50. The quantitative estimate of drug-likeness (QED) is 0.841. The molecule has 0 spiro atoms. The topological polar surface area (TPSA) is 66.6 Å². The average Bonchev–Trinajstić information content (AvgIpc) is 3.36. The summed E-state index contributed by atoms with van der Waals surface area (Å²) >= 11 is 0. The van der Waals surface area contributed by atoms with Crippen molar-refractivity contribution >= 4 is 17.9 Å². The number of amides is 2. The van der Waals surface area contributed by atoms with Crippen LogP contribution in [0.4, 0.5) is 0 Å². The third kappa shape index (κ3) is 6.24. The summed E-state index contributed by atoms with van der Waals surface area (Å²) in [4.78, 5) is 26.7. The highest BCUT2D eigenvalue weighted by Gasteiger charge is 2.20. The van der Waals surface area contributed by atoms with Crippen molar-refractivity contribution in [3.8, 4) is 0 Å². The number of hydrogen-bond donors (Lipinski definition) is 1. The van der Waals surface area contributed by atoms with Gasteiger partial charge in [0.25, 0.3) is 0 Å². The van der Waals surface area contributed by atoms with Crippen molar-refractivity contribution in [2.24, 2.45) is 5.73 Å². The molecule has 1 heterocycles. The van der Waals surface area contributed by atoms with Gasteiger partial charge in [0.2, 0.25) is 11.8 Å². The molecule has 5 heteroatoms. The second-order valence-corrected chi connectivity index (χ2v) is 5.91. The summed E-state index contributed by atoms with van der Waals surface area (Å²) in [5.41, 5.74) is 6.23. The lowest BCUT2D eigenvalue weighted by molar-refractivity contribution is -0.135. The molecule has 0 radical (unpaired) electrons. The van der Waals surface area contributed by atoms with Crippen LogP contribution < -0.4 is 5.73 Å². The summed E-state index contributed by atoms with van der Waals surface area (Å²) < 4.78 is 0. The smallest absolute Gasteiger partial charge is 0.246 e. The van der Waals surface area contributed by atoms with Crippen LogP contribution in [-0.2, 0) is 9.59 Å². The molecule has 1 saturated heterocycles. The first-order chi connectivity index (χ1) is 11.1. The minimum atomic E-state index is 0.00653. The molecule has 3 rings (SSSR count). The van der Waals surface area contributed by atoms with Crippen molar-refractivity contribution in [2.45, 2.75) is 25.8 Å². The van der Waals surface area contributed by atoms with Crippen molar-refractivity contribution in [1.29, 1.82) is 0 Å². The van der Waals surface area contributed by atoms with E-state index in [9.17, 15) is 9.59 Å². The van der Waals surface area contributed by atoms with Crippen LogP contribution in [0.2, 0.25) is 0 Å². The van der Waals surface area contributed by atoms with Crippen molar-refractivity contribution in [2.75, 3.05) is 26.2 Å². The van der Waals surface area contributed by atoms with Crippen molar-refractivity contribution in [3.05, 3.63) is 42.0 Å². The summed E-state index contributed by atoms with van der Waals surface area (Å²) in [6, 6.07) is 10.3. The fourth-order valence-corrected chi connectivity index (χ4v) is 2.18. The number of piperazine rings is 1. The third-order valence-corrected chi connectivity index (χ3v) is 3.88. The average molecular weight is 315 g/mol. The fourth-order valence-electron chi connectivity index (χ4n) is 2.18. The second-order valence-electron chi connectivity index (χ2n) is 5.91. The maximum Gasteiger partial charge on any atom is 0.246 e. The van der Waals surface area contributed by atoms with E-state index < -0.39 is 0 Å². The number of rotatable bonds is 2. The zero-order chi connectivity index (χ0) is 16.7. The van der Waals surface area contributed by atoms with Gasteiger partial charge in [0, 0.05) is 45.2 Å². The van der Waals surface area contributed by atoms with Gasteiger partial charge in [0.15, 0.2) is 0 Å². The van der Waals surface area contributed by atoms with E-state index in [4.69, 9.17) is 5.73 Å². The fraction of sp³-hybridized carbons (Fsp3) is 0.444. The van der Waals surface area contributed by atoms with Crippen LogP contribution in [0.15, 0.2) is 36.4 Å². The van der Waals surface area contributed by atoms with E-state index >= 15 is 0 Å². The molecule has 124 valence electrons. The maximum atomic E-state index is 12.0. The van der Waals surface area contributed by atoms with Crippen LogP contribution in [0.1, 0.15) is 25.3 Å². The predicted molar refractivity (Wildman–Crippen MR) is 91.5 cm³/mol. The SMILES string of the molecule is CC(=O)N1CCN(C(=O)C=Cc2ccccc2)CC1.NC1CC1. The van der Waals surface area contributed by atoms with E-state index in [1.54, 1.807) is 22.8 Å². The third-order valence-electron chi connectivity index (χ3n) is 3.88. The maximum absolute atomic E-state index is 12.0. The van der Waals surface area contributed by atoms with Gasteiger partial charge in [-0.25, -0.2) is 0 Å². The molecule has 23 heavy (non-hydrogen) atoms. The van der Waals surface area contributed by atoms with Crippen molar-refractivity contribution < 1.29 is 9.59 Å². The highest BCUT2D eigenvalue weighted by atomic mass is 16.2. The molecule has 0 unspecified atom stereocenters. The Hall–Kier alpha value is -2.14. The minimum absolute atomic E-state index is 0.00653. The molecule has 2 fully saturated rings. The number of carbonyl (C=O) groups excluding carboxylic acids is 2. The van der Waals surface area contributed by atoms with E-state index in [1.807, 2.05) is 36.4 Å². The second kappa shape index (κ2) is 8.48. The molecule has 1 aromatic carbocycles. The van der Waals surface area contributed by atoms with E-state index in [0.29, 0.717) is 32.2 Å². The Bertz CT molecular complexity index is 545. The first kappa shape index (κ1) is 17.2. The summed E-state index contributed by atoms with van der Waals surface area (Å²) in [7, 11) is 0.